The van der Waals surface area contributed by atoms with Gasteiger partial charge in [0.25, 0.3) is 0 Å². The molecule has 26 heavy (non-hydrogen) atoms. The minimum Gasteiger partial charge on any atom is -0.339 e. The van der Waals surface area contributed by atoms with Gasteiger partial charge in [-0.3, -0.25) is 4.79 Å². The van der Waals surface area contributed by atoms with Crippen LogP contribution in [-0.2, 0) is 11.3 Å². The Bertz CT molecular complexity index is 925. The van der Waals surface area contributed by atoms with Crippen molar-refractivity contribution in [1.82, 2.24) is 15.0 Å². The third-order valence-corrected chi connectivity index (χ3v) is 4.65. The molecule has 1 aliphatic heterocycles. The Morgan fingerprint density at radius 3 is 2.62 bits per heavy atom. The van der Waals surface area contributed by atoms with Gasteiger partial charge < -0.3 is 9.42 Å². The zero-order valence-electron chi connectivity index (χ0n) is 13.7. The van der Waals surface area contributed by atoms with Crippen LogP contribution in [0.2, 0.25) is 5.02 Å². The number of amides is 1. The van der Waals surface area contributed by atoms with Crippen LogP contribution in [0.25, 0.3) is 11.4 Å². The number of hydrogen-bond donors (Lipinski definition) is 0. The summed E-state index contributed by atoms with van der Waals surface area (Å²) in [7, 11) is 0. The van der Waals surface area contributed by atoms with Crippen molar-refractivity contribution in [2.75, 3.05) is 6.54 Å². The molecule has 1 saturated heterocycles. The third kappa shape index (κ3) is 3.46. The summed E-state index contributed by atoms with van der Waals surface area (Å²) in [6.45, 7) is 0.937. The molecule has 0 saturated carbocycles. The molecule has 132 valence electrons. The summed E-state index contributed by atoms with van der Waals surface area (Å²) < 4.78 is 18.4. The Kier molecular flexibility index (Phi) is 4.42. The van der Waals surface area contributed by atoms with Crippen LogP contribution in [0.1, 0.15) is 23.8 Å². The predicted molar refractivity (Wildman–Crippen MR) is 93.9 cm³/mol. The van der Waals surface area contributed by atoms with Gasteiger partial charge in [0, 0.05) is 30.1 Å². The largest absolute Gasteiger partial charge is 0.339 e. The topological polar surface area (TPSA) is 59.2 Å². The number of hydrogen-bond acceptors (Lipinski definition) is 4. The van der Waals surface area contributed by atoms with Crippen molar-refractivity contribution in [2.45, 2.75) is 18.9 Å². The van der Waals surface area contributed by atoms with Crippen LogP contribution < -0.4 is 0 Å². The summed E-state index contributed by atoms with van der Waals surface area (Å²) >= 11 is 5.89. The van der Waals surface area contributed by atoms with E-state index in [1.165, 1.54) is 12.1 Å². The first-order valence-electron chi connectivity index (χ1n) is 8.20. The summed E-state index contributed by atoms with van der Waals surface area (Å²) in [6.07, 6.45) is 0.323. The molecule has 4 rings (SSSR count). The van der Waals surface area contributed by atoms with Gasteiger partial charge in [0.05, 0.1) is 5.92 Å². The molecule has 0 aliphatic carbocycles. The predicted octanol–water partition coefficient (Wildman–Crippen LogP) is 4.05. The quantitative estimate of drug-likeness (QED) is 0.694. The molecule has 5 nitrogen and oxygen atoms in total. The zero-order valence-corrected chi connectivity index (χ0v) is 14.5. The first-order chi connectivity index (χ1) is 12.6. The van der Waals surface area contributed by atoms with Crippen LogP contribution >= 0.6 is 11.6 Å². The van der Waals surface area contributed by atoms with Crippen LogP contribution in [0.5, 0.6) is 0 Å². The molecule has 1 fully saturated rings. The molecule has 1 aromatic heterocycles. The monoisotopic (exact) mass is 371 g/mol. The third-order valence-electron chi connectivity index (χ3n) is 4.39. The van der Waals surface area contributed by atoms with Gasteiger partial charge in [-0.15, -0.1) is 0 Å². The van der Waals surface area contributed by atoms with Gasteiger partial charge in [0.2, 0.25) is 17.6 Å². The number of aromatic nitrogens is 2. The number of carbonyl (C=O) groups is 1. The SMILES string of the molecule is O=C1CC(c2nc(-c3ccc(Cl)cc3)no2)CN1Cc1ccc(F)cc1. The highest BCUT2D eigenvalue weighted by Gasteiger charge is 2.34. The zero-order chi connectivity index (χ0) is 18.1. The van der Waals surface area contributed by atoms with E-state index < -0.39 is 0 Å². The fourth-order valence-corrected chi connectivity index (χ4v) is 3.14. The summed E-state index contributed by atoms with van der Waals surface area (Å²) in [5.74, 6) is 0.507. The smallest absolute Gasteiger partial charge is 0.232 e. The fraction of sp³-hybridized carbons (Fsp3) is 0.211. The lowest BCUT2D eigenvalue weighted by Crippen LogP contribution is -2.24. The van der Waals surface area contributed by atoms with Gasteiger partial charge in [-0.2, -0.15) is 4.98 Å². The van der Waals surface area contributed by atoms with Gasteiger partial charge in [-0.05, 0) is 42.0 Å². The normalized spacial score (nSPS) is 17.1. The van der Waals surface area contributed by atoms with Crippen LogP contribution in [0.3, 0.4) is 0 Å². The molecule has 0 spiro atoms. The van der Waals surface area contributed by atoms with Crippen molar-refractivity contribution >= 4 is 17.5 Å². The molecule has 1 atom stereocenters. The second kappa shape index (κ2) is 6.88. The Morgan fingerprint density at radius 2 is 1.88 bits per heavy atom. The van der Waals surface area contributed by atoms with Crippen molar-refractivity contribution in [1.29, 1.82) is 0 Å². The maximum atomic E-state index is 13.0. The van der Waals surface area contributed by atoms with Gasteiger partial charge in [0.15, 0.2) is 0 Å². The van der Waals surface area contributed by atoms with Gasteiger partial charge in [-0.25, -0.2) is 4.39 Å². The van der Waals surface area contributed by atoms with E-state index in [-0.39, 0.29) is 17.6 Å². The van der Waals surface area contributed by atoms with Crippen molar-refractivity contribution in [3.63, 3.8) is 0 Å². The van der Waals surface area contributed by atoms with E-state index in [1.807, 2.05) is 12.1 Å². The Morgan fingerprint density at radius 1 is 1.15 bits per heavy atom. The average molecular weight is 372 g/mol. The number of benzene rings is 2. The average Bonchev–Trinajstić information content (AvgIpc) is 3.25. The Balaban J connectivity index is 1.47. The number of rotatable bonds is 4. The molecule has 0 bridgehead atoms. The molecular weight excluding hydrogens is 357 g/mol. The van der Waals surface area contributed by atoms with E-state index in [2.05, 4.69) is 10.1 Å². The van der Waals surface area contributed by atoms with E-state index in [9.17, 15) is 9.18 Å². The Hall–Kier alpha value is -2.73. The Labute approximate surface area is 154 Å². The van der Waals surface area contributed by atoms with Crippen LogP contribution in [0.4, 0.5) is 4.39 Å². The molecule has 1 aliphatic rings. The molecule has 0 radical (unpaired) electrons. The van der Waals surface area contributed by atoms with E-state index in [0.29, 0.717) is 36.2 Å². The molecule has 0 N–H and O–H groups in total. The van der Waals surface area contributed by atoms with Gasteiger partial charge >= 0.3 is 0 Å². The number of carbonyl (C=O) groups excluding carboxylic acids is 1. The number of halogens is 2. The second-order valence-electron chi connectivity index (χ2n) is 6.26. The van der Waals surface area contributed by atoms with Crippen LogP contribution in [0, 0.1) is 5.82 Å². The molecule has 2 aromatic carbocycles. The summed E-state index contributed by atoms with van der Waals surface area (Å²) in [4.78, 5) is 18.4. The first kappa shape index (κ1) is 16.7. The van der Waals surface area contributed by atoms with Crippen molar-refractivity contribution in [3.05, 3.63) is 70.8 Å². The highest BCUT2D eigenvalue weighted by molar-refractivity contribution is 6.30. The van der Waals surface area contributed by atoms with E-state index >= 15 is 0 Å². The van der Waals surface area contributed by atoms with E-state index in [0.717, 1.165) is 11.1 Å². The molecular formula is C19H15ClFN3O2. The first-order valence-corrected chi connectivity index (χ1v) is 8.58. The highest BCUT2D eigenvalue weighted by Crippen LogP contribution is 2.30. The van der Waals surface area contributed by atoms with Crippen LogP contribution in [0.15, 0.2) is 53.1 Å². The summed E-state index contributed by atoms with van der Waals surface area (Å²) in [5, 5.41) is 4.64. The fourth-order valence-electron chi connectivity index (χ4n) is 3.02. The maximum absolute atomic E-state index is 13.0. The van der Waals surface area contributed by atoms with E-state index in [1.54, 1.807) is 29.2 Å². The summed E-state index contributed by atoms with van der Waals surface area (Å²) in [6, 6.07) is 13.3. The number of likely N-dealkylation sites (tertiary alicyclic amines) is 1. The highest BCUT2D eigenvalue weighted by atomic mass is 35.5. The second-order valence-corrected chi connectivity index (χ2v) is 6.70. The van der Waals surface area contributed by atoms with Crippen molar-refractivity contribution in [3.8, 4) is 11.4 Å². The molecule has 1 amide bonds. The van der Waals surface area contributed by atoms with Gasteiger partial charge in [-0.1, -0.05) is 28.9 Å². The maximum Gasteiger partial charge on any atom is 0.232 e. The summed E-state index contributed by atoms with van der Waals surface area (Å²) in [5.41, 5.74) is 1.68. The number of nitrogens with zero attached hydrogens (tertiary/aromatic N) is 3. The van der Waals surface area contributed by atoms with Crippen molar-refractivity contribution < 1.29 is 13.7 Å². The minimum atomic E-state index is -0.292. The molecule has 7 heteroatoms. The van der Waals surface area contributed by atoms with Crippen LogP contribution in [-0.4, -0.2) is 27.5 Å². The van der Waals surface area contributed by atoms with Gasteiger partial charge in [0.1, 0.15) is 5.82 Å². The molecule has 2 heterocycles. The van der Waals surface area contributed by atoms with E-state index in [4.69, 9.17) is 16.1 Å². The molecule has 1 unspecified atom stereocenters. The molecule has 3 aromatic rings. The van der Waals surface area contributed by atoms with Crippen molar-refractivity contribution in [2.24, 2.45) is 0 Å². The minimum absolute atomic E-state index is 0.0190. The lowest BCUT2D eigenvalue weighted by Gasteiger charge is -2.15. The lowest BCUT2D eigenvalue weighted by atomic mass is 10.1. The lowest BCUT2D eigenvalue weighted by molar-refractivity contribution is -0.128. The standard InChI is InChI=1S/C19H15ClFN3O2/c20-15-5-3-13(4-6-15)18-22-19(26-23-18)14-9-17(25)24(11-14)10-12-1-7-16(21)8-2-12/h1-8,14H,9-11H2.